The summed E-state index contributed by atoms with van der Waals surface area (Å²) in [7, 11) is -3.61. The molecule has 7 heteroatoms. The third kappa shape index (κ3) is 2.29. The number of nitrogens with one attached hydrogen (secondary N) is 2. The zero-order valence-electron chi connectivity index (χ0n) is 12.5. The summed E-state index contributed by atoms with van der Waals surface area (Å²) in [5, 5.41) is 2.25. The van der Waals surface area contributed by atoms with Crippen molar-refractivity contribution in [2.45, 2.75) is 43.8 Å². The van der Waals surface area contributed by atoms with Gasteiger partial charge in [-0.3, -0.25) is 9.59 Å². The van der Waals surface area contributed by atoms with Gasteiger partial charge in [0.05, 0.1) is 10.7 Å². The van der Waals surface area contributed by atoms with Crippen LogP contribution in [0.1, 0.15) is 49.0 Å². The van der Waals surface area contributed by atoms with Crippen LogP contribution in [0.5, 0.6) is 0 Å². The van der Waals surface area contributed by atoms with E-state index in [1.54, 1.807) is 26.0 Å². The number of anilines is 1. The number of fused-ring (bicyclic) bond motifs is 1. The molecule has 2 N–H and O–H groups in total. The second-order valence-corrected chi connectivity index (χ2v) is 8.33. The van der Waals surface area contributed by atoms with E-state index in [-0.39, 0.29) is 11.5 Å². The lowest BCUT2D eigenvalue weighted by atomic mass is 9.86. The van der Waals surface area contributed by atoms with E-state index in [2.05, 4.69) is 10.0 Å². The molecule has 0 bridgehead atoms. The SMILES string of the molecule is CC1(C)C(=O)Nc2cc(C(=O)NS(=O)(=O)C3CCC3)ccc21. The molecule has 1 aromatic carbocycles. The number of sulfonamides is 1. The molecule has 1 aliphatic heterocycles. The van der Waals surface area contributed by atoms with Crippen LogP contribution >= 0.6 is 0 Å². The summed E-state index contributed by atoms with van der Waals surface area (Å²) in [6.45, 7) is 3.60. The van der Waals surface area contributed by atoms with Crippen molar-refractivity contribution in [1.82, 2.24) is 4.72 Å². The van der Waals surface area contributed by atoms with Crippen molar-refractivity contribution in [3.63, 3.8) is 0 Å². The number of carbonyl (C=O) groups excluding carboxylic acids is 2. The van der Waals surface area contributed by atoms with Gasteiger partial charge in [-0.1, -0.05) is 12.5 Å². The fourth-order valence-electron chi connectivity index (χ4n) is 2.69. The predicted octanol–water partition coefficient (Wildman–Crippen LogP) is 1.53. The van der Waals surface area contributed by atoms with Crippen molar-refractivity contribution in [3.05, 3.63) is 29.3 Å². The molecule has 0 aromatic heterocycles. The van der Waals surface area contributed by atoms with Gasteiger partial charge in [-0.2, -0.15) is 0 Å². The van der Waals surface area contributed by atoms with Gasteiger partial charge in [0, 0.05) is 11.3 Å². The molecule has 22 heavy (non-hydrogen) atoms. The molecule has 6 nitrogen and oxygen atoms in total. The highest BCUT2D eigenvalue weighted by Crippen LogP contribution is 2.37. The van der Waals surface area contributed by atoms with Gasteiger partial charge in [0.2, 0.25) is 15.9 Å². The van der Waals surface area contributed by atoms with Crippen molar-refractivity contribution < 1.29 is 18.0 Å². The molecule has 2 amide bonds. The van der Waals surface area contributed by atoms with Gasteiger partial charge >= 0.3 is 0 Å². The van der Waals surface area contributed by atoms with Crippen LogP contribution in [-0.2, 0) is 20.2 Å². The van der Waals surface area contributed by atoms with Crippen LogP contribution in [0.3, 0.4) is 0 Å². The molecule has 1 fully saturated rings. The molecule has 1 aliphatic carbocycles. The molecule has 1 heterocycles. The maximum atomic E-state index is 12.1. The number of hydrogen-bond acceptors (Lipinski definition) is 4. The molecule has 1 aromatic rings. The van der Waals surface area contributed by atoms with E-state index >= 15 is 0 Å². The lowest BCUT2D eigenvalue weighted by Gasteiger charge is -2.25. The van der Waals surface area contributed by atoms with Crippen molar-refractivity contribution in [2.24, 2.45) is 0 Å². The van der Waals surface area contributed by atoms with Crippen LogP contribution in [0.25, 0.3) is 0 Å². The normalized spacial score (nSPS) is 20.0. The van der Waals surface area contributed by atoms with Crippen LogP contribution in [0.15, 0.2) is 18.2 Å². The van der Waals surface area contributed by atoms with Gasteiger partial charge < -0.3 is 5.32 Å². The zero-order chi connectivity index (χ0) is 16.1. The van der Waals surface area contributed by atoms with Gasteiger partial charge in [-0.25, -0.2) is 13.1 Å². The summed E-state index contributed by atoms with van der Waals surface area (Å²) < 4.78 is 26.1. The summed E-state index contributed by atoms with van der Waals surface area (Å²) in [6, 6.07) is 4.76. The first-order chi connectivity index (χ1) is 10.2. The largest absolute Gasteiger partial charge is 0.325 e. The molecule has 0 spiro atoms. The molecule has 2 aliphatic rings. The smallest absolute Gasteiger partial charge is 0.264 e. The fourth-order valence-corrected chi connectivity index (χ4v) is 4.18. The molecule has 3 rings (SSSR count). The Morgan fingerprint density at radius 2 is 2.00 bits per heavy atom. The molecule has 0 saturated heterocycles. The molecule has 0 atom stereocenters. The first-order valence-electron chi connectivity index (χ1n) is 7.24. The highest BCUT2D eigenvalue weighted by Gasteiger charge is 2.39. The molecule has 0 radical (unpaired) electrons. The Morgan fingerprint density at radius 3 is 2.59 bits per heavy atom. The Morgan fingerprint density at radius 1 is 1.32 bits per heavy atom. The third-order valence-corrected chi connectivity index (χ3v) is 6.32. The highest BCUT2D eigenvalue weighted by molar-refractivity contribution is 7.90. The Labute approximate surface area is 129 Å². The quantitative estimate of drug-likeness (QED) is 0.882. The Bertz CT molecular complexity index is 764. The number of benzene rings is 1. The average molecular weight is 322 g/mol. The lowest BCUT2D eigenvalue weighted by molar-refractivity contribution is -0.119. The second kappa shape index (κ2) is 4.81. The predicted molar refractivity (Wildman–Crippen MR) is 82.1 cm³/mol. The maximum absolute atomic E-state index is 12.1. The topological polar surface area (TPSA) is 92.3 Å². The minimum Gasteiger partial charge on any atom is -0.325 e. The summed E-state index contributed by atoms with van der Waals surface area (Å²) in [6.07, 6.45) is 2.06. The van der Waals surface area contributed by atoms with Crippen molar-refractivity contribution in [3.8, 4) is 0 Å². The van der Waals surface area contributed by atoms with Gasteiger partial charge in [0.15, 0.2) is 0 Å². The Hall–Kier alpha value is -1.89. The van der Waals surface area contributed by atoms with Crippen LogP contribution in [0, 0.1) is 0 Å². The van der Waals surface area contributed by atoms with E-state index in [0.29, 0.717) is 18.5 Å². The fraction of sp³-hybridized carbons (Fsp3) is 0.467. The highest BCUT2D eigenvalue weighted by atomic mass is 32.2. The van der Waals surface area contributed by atoms with Gasteiger partial charge in [-0.05, 0) is 44.4 Å². The number of carbonyl (C=O) groups is 2. The third-order valence-electron chi connectivity index (χ3n) is 4.50. The van der Waals surface area contributed by atoms with Crippen LogP contribution in [0.2, 0.25) is 0 Å². The van der Waals surface area contributed by atoms with Gasteiger partial charge in [-0.15, -0.1) is 0 Å². The number of amides is 2. The van der Waals surface area contributed by atoms with E-state index in [4.69, 9.17) is 0 Å². The van der Waals surface area contributed by atoms with Crippen molar-refractivity contribution in [2.75, 3.05) is 5.32 Å². The van der Waals surface area contributed by atoms with E-state index in [0.717, 1.165) is 12.0 Å². The minimum absolute atomic E-state index is 0.137. The summed E-state index contributed by atoms with van der Waals surface area (Å²) in [4.78, 5) is 24.0. The first kappa shape index (κ1) is 15.0. The molecule has 1 saturated carbocycles. The number of hydrogen-bond donors (Lipinski definition) is 2. The Balaban J connectivity index is 1.84. The molecule has 118 valence electrons. The van der Waals surface area contributed by atoms with Crippen LogP contribution < -0.4 is 10.0 Å². The summed E-state index contributed by atoms with van der Waals surface area (Å²) in [5.74, 6) is -0.796. The first-order valence-corrected chi connectivity index (χ1v) is 8.78. The van der Waals surface area contributed by atoms with E-state index in [1.165, 1.54) is 6.07 Å². The Kier molecular flexibility index (Phi) is 3.28. The van der Waals surface area contributed by atoms with Gasteiger partial charge in [0.25, 0.3) is 5.91 Å². The maximum Gasteiger partial charge on any atom is 0.264 e. The average Bonchev–Trinajstić information content (AvgIpc) is 2.56. The van der Waals surface area contributed by atoms with Gasteiger partial charge in [0.1, 0.15) is 0 Å². The van der Waals surface area contributed by atoms with E-state index < -0.39 is 26.6 Å². The standard InChI is InChI=1S/C15H18N2O4S/c1-15(2)11-7-6-9(8-12(11)16-14(15)19)13(18)17-22(20,21)10-4-3-5-10/h6-8,10H,3-5H2,1-2H3,(H,16,19)(H,17,18). The summed E-state index contributed by atoms with van der Waals surface area (Å²) in [5.41, 5.74) is 0.932. The van der Waals surface area contributed by atoms with E-state index in [1.807, 2.05) is 0 Å². The minimum atomic E-state index is -3.61. The molecular formula is C15H18N2O4S. The van der Waals surface area contributed by atoms with E-state index in [9.17, 15) is 18.0 Å². The second-order valence-electron chi connectivity index (χ2n) is 6.37. The monoisotopic (exact) mass is 322 g/mol. The molecule has 0 unspecified atom stereocenters. The number of rotatable bonds is 3. The van der Waals surface area contributed by atoms with Crippen molar-refractivity contribution in [1.29, 1.82) is 0 Å². The lowest BCUT2D eigenvalue weighted by Crippen LogP contribution is -2.41. The summed E-state index contributed by atoms with van der Waals surface area (Å²) >= 11 is 0. The van der Waals surface area contributed by atoms with Crippen LogP contribution in [-0.4, -0.2) is 25.5 Å². The van der Waals surface area contributed by atoms with Crippen LogP contribution in [0.4, 0.5) is 5.69 Å². The molecular weight excluding hydrogens is 304 g/mol. The zero-order valence-corrected chi connectivity index (χ0v) is 13.3. The van der Waals surface area contributed by atoms with Crippen molar-refractivity contribution >= 4 is 27.5 Å².